The number of halogens is 2. The maximum atomic E-state index is 9.82. The van der Waals surface area contributed by atoms with Crippen LogP contribution in [0.15, 0.2) is 18.2 Å². The molecule has 6 heteroatoms. The summed E-state index contributed by atoms with van der Waals surface area (Å²) in [6, 6.07) is 5.03. The van der Waals surface area contributed by atoms with E-state index in [0.717, 1.165) is 26.0 Å². The Morgan fingerprint density at radius 1 is 1.40 bits per heavy atom. The standard InChI is InChI=1S/C14H19Cl2NO3/c15-13-4-3-11(6-14(13)16)20-9-10(18)7-17-8-12-2-1-5-19-12/h3-4,6,10,12,17-18H,1-2,5,7-9H2. The lowest BCUT2D eigenvalue weighted by atomic mass is 10.2. The quantitative estimate of drug-likeness (QED) is 0.810. The molecule has 2 N–H and O–H groups in total. The molecule has 0 radical (unpaired) electrons. The van der Waals surface area contributed by atoms with E-state index in [1.807, 2.05) is 0 Å². The zero-order valence-electron chi connectivity index (χ0n) is 11.1. The van der Waals surface area contributed by atoms with E-state index >= 15 is 0 Å². The fourth-order valence-corrected chi connectivity index (χ4v) is 2.32. The van der Waals surface area contributed by atoms with Gasteiger partial charge in [-0.15, -0.1) is 0 Å². The number of nitrogens with one attached hydrogen (secondary N) is 1. The van der Waals surface area contributed by atoms with Gasteiger partial charge in [-0.05, 0) is 25.0 Å². The Kier molecular flexibility index (Phi) is 6.39. The van der Waals surface area contributed by atoms with Gasteiger partial charge in [0, 0.05) is 25.8 Å². The van der Waals surface area contributed by atoms with Crippen LogP contribution >= 0.6 is 23.2 Å². The lowest BCUT2D eigenvalue weighted by molar-refractivity contribution is 0.0882. The smallest absolute Gasteiger partial charge is 0.121 e. The summed E-state index contributed by atoms with van der Waals surface area (Å²) in [6.45, 7) is 2.29. The monoisotopic (exact) mass is 319 g/mol. The van der Waals surface area contributed by atoms with Gasteiger partial charge in [-0.1, -0.05) is 23.2 Å². The average molecular weight is 320 g/mol. The van der Waals surface area contributed by atoms with Crippen molar-refractivity contribution < 1.29 is 14.6 Å². The number of benzene rings is 1. The molecule has 0 aliphatic carbocycles. The number of hydrogen-bond acceptors (Lipinski definition) is 4. The van der Waals surface area contributed by atoms with Crippen molar-refractivity contribution in [2.45, 2.75) is 25.0 Å². The third-order valence-corrected chi connectivity index (χ3v) is 3.85. The van der Waals surface area contributed by atoms with Crippen LogP contribution in [0.1, 0.15) is 12.8 Å². The second-order valence-corrected chi connectivity index (χ2v) is 5.65. The minimum atomic E-state index is -0.578. The minimum absolute atomic E-state index is 0.205. The molecule has 1 aliphatic heterocycles. The molecular weight excluding hydrogens is 301 g/mol. The summed E-state index contributed by atoms with van der Waals surface area (Å²) in [7, 11) is 0. The number of aliphatic hydroxyl groups is 1. The van der Waals surface area contributed by atoms with Gasteiger partial charge in [0.05, 0.1) is 16.1 Å². The summed E-state index contributed by atoms with van der Waals surface area (Å²) in [4.78, 5) is 0. The summed E-state index contributed by atoms with van der Waals surface area (Å²) >= 11 is 11.7. The normalized spacial score (nSPS) is 20.1. The molecule has 4 nitrogen and oxygen atoms in total. The molecule has 0 bridgehead atoms. The highest BCUT2D eigenvalue weighted by Gasteiger charge is 2.15. The third kappa shape index (κ3) is 5.11. The van der Waals surface area contributed by atoms with Crippen LogP contribution in [-0.4, -0.2) is 43.6 Å². The van der Waals surface area contributed by atoms with E-state index in [1.54, 1.807) is 18.2 Å². The highest BCUT2D eigenvalue weighted by atomic mass is 35.5. The molecule has 1 aromatic rings. The first-order valence-corrected chi connectivity index (χ1v) is 7.49. The predicted molar refractivity (Wildman–Crippen MR) is 79.8 cm³/mol. The molecule has 1 saturated heterocycles. The van der Waals surface area contributed by atoms with Crippen LogP contribution in [0.3, 0.4) is 0 Å². The third-order valence-electron chi connectivity index (χ3n) is 3.11. The van der Waals surface area contributed by atoms with Crippen molar-refractivity contribution in [2.75, 3.05) is 26.3 Å². The molecule has 0 saturated carbocycles. The molecule has 2 atom stereocenters. The Morgan fingerprint density at radius 3 is 2.95 bits per heavy atom. The van der Waals surface area contributed by atoms with Crippen LogP contribution in [0.5, 0.6) is 5.75 Å². The Hall–Kier alpha value is -0.520. The van der Waals surface area contributed by atoms with Crippen molar-refractivity contribution in [3.8, 4) is 5.75 Å². The lowest BCUT2D eigenvalue weighted by Crippen LogP contribution is -2.35. The zero-order chi connectivity index (χ0) is 14.4. The molecule has 1 aromatic carbocycles. The first kappa shape index (κ1) is 15.9. The van der Waals surface area contributed by atoms with Crippen molar-refractivity contribution in [3.63, 3.8) is 0 Å². The van der Waals surface area contributed by atoms with E-state index in [4.69, 9.17) is 32.7 Å². The summed E-state index contributed by atoms with van der Waals surface area (Å²) < 4.78 is 10.9. The average Bonchev–Trinajstić information content (AvgIpc) is 2.93. The molecule has 112 valence electrons. The molecule has 1 aliphatic rings. The number of rotatable bonds is 7. The summed E-state index contributed by atoms with van der Waals surface area (Å²) in [6.07, 6.45) is 1.90. The van der Waals surface area contributed by atoms with Crippen LogP contribution in [0.2, 0.25) is 10.0 Å². The lowest BCUT2D eigenvalue weighted by Gasteiger charge is -2.15. The highest BCUT2D eigenvalue weighted by molar-refractivity contribution is 6.42. The van der Waals surface area contributed by atoms with Gasteiger partial charge in [0.2, 0.25) is 0 Å². The van der Waals surface area contributed by atoms with E-state index in [1.165, 1.54) is 0 Å². The molecule has 2 unspecified atom stereocenters. The molecule has 2 rings (SSSR count). The van der Waals surface area contributed by atoms with Gasteiger partial charge < -0.3 is 19.9 Å². The summed E-state index contributed by atoms with van der Waals surface area (Å²) in [5.74, 6) is 0.595. The molecular formula is C14H19Cl2NO3. The van der Waals surface area contributed by atoms with E-state index in [9.17, 15) is 5.11 Å². The highest BCUT2D eigenvalue weighted by Crippen LogP contribution is 2.26. The van der Waals surface area contributed by atoms with Crippen LogP contribution in [-0.2, 0) is 4.74 Å². The van der Waals surface area contributed by atoms with Crippen LogP contribution in [0, 0.1) is 0 Å². The predicted octanol–water partition coefficient (Wildman–Crippen LogP) is 2.50. The van der Waals surface area contributed by atoms with E-state index < -0.39 is 6.10 Å². The van der Waals surface area contributed by atoms with Crippen LogP contribution in [0.4, 0.5) is 0 Å². The van der Waals surface area contributed by atoms with Crippen molar-refractivity contribution >= 4 is 23.2 Å². The molecule has 0 spiro atoms. The van der Waals surface area contributed by atoms with Gasteiger partial charge >= 0.3 is 0 Å². The molecule has 20 heavy (non-hydrogen) atoms. The SMILES string of the molecule is OC(CNCC1CCCO1)COc1ccc(Cl)c(Cl)c1. The van der Waals surface area contributed by atoms with Gasteiger partial charge in [-0.3, -0.25) is 0 Å². The van der Waals surface area contributed by atoms with Crippen molar-refractivity contribution in [2.24, 2.45) is 0 Å². The maximum absolute atomic E-state index is 9.82. The maximum Gasteiger partial charge on any atom is 0.121 e. The zero-order valence-corrected chi connectivity index (χ0v) is 12.7. The first-order valence-electron chi connectivity index (χ1n) is 6.73. The van der Waals surface area contributed by atoms with Gasteiger partial charge in [0.25, 0.3) is 0 Å². The topological polar surface area (TPSA) is 50.7 Å². The Bertz CT molecular complexity index is 425. The summed E-state index contributed by atoms with van der Waals surface area (Å²) in [5.41, 5.74) is 0. The summed E-state index contributed by atoms with van der Waals surface area (Å²) in [5, 5.41) is 13.9. The first-order chi connectivity index (χ1) is 9.65. The van der Waals surface area contributed by atoms with E-state index in [-0.39, 0.29) is 12.7 Å². The van der Waals surface area contributed by atoms with Crippen LogP contribution in [0.25, 0.3) is 0 Å². The minimum Gasteiger partial charge on any atom is -0.491 e. The second kappa shape index (κ2) is 8.05. The Balaban J connectivity index is 1.63. The van der Waals surface area contributed by atoms with Crippen molar-refractivity contribution in [1.82, 2.24) is 5.32 Å². The molecule has 0 amide bonds. The Labute approximate surface area is 129 Å². The molecule has 0 aromatic heterocycles. The second-order valence-electron chi connectivity index (χ2n) is 4.83. The molecule has 1 heterocycles. The van der Waals surface area contributed by atoms with Gasteiger partial charge in [-0.2, -0.15) is 0 Å². The van der Waals surface area contributed by atoms with Gasteiger partial charge in [0.1, 0.15) is 18.5 Å². The molecule has 1 fully saturated rings. The fourth-order valence-electron chi connectivity index (χ4n) is 2.03. The number of hydrogen-bond donors (Lipinski definition) is 2. The number of ether oxygens (including phenoxy) is 2. The van der Waals surface area contributed by atoms with E-state index in [2.05, 4.69) is 5.32 Å². The largest absolute Gasteiger partial charge is 0.491 e. The Morgan fingerprint density at radius 2 is 2.25 bits per heavy atom. The van der Waals surface area contributed by atoms with Gasteiger partial charge in [-0.25, -0.2) is 0 Å². The fraction of sp³-hybridized carbons (Fsp3) is 0.571. The van der Waals surface area contributed by atoms with Crippen molar-refractivity contribution in [3.05, 3.63) is 28.2 Å². The number of aliphatic hydroxyl groups excluding tert-OH is 1. The van der Waals surface area contributed by atoms with Crippen molar-refractivity contribution in [1.29, 1.82) is 0 Å². The van der Waals surface area contributed by atoms with E-state index in [0.29, 0.717) is 22.3 Å². The van der Waals surface area contributed by atoms with Gasteiger partial charge in [0.15, 0.2) is 0 Å². The van der Waals surface area contributed by atoms with Crippen LogP contribution < -0.4 is 10.1 Å².